The highest BCUT2D eigenvalue weighted by atomic mass is 127. The Kier molecular flexibility index (Phi) is 5.67. The van der Waals surface area contributed by atoms with Crippen molar-refractivity contribution in [3.05, 3.63) is 54.0 Å². The Morgan fingerprint density at radius 1 is 1.10 bits per heavy atom. The molecule has 110 valence electrons. The Bertz CT molecular complexity index is 702. The zero-order chi connectivity index (χ0) is 15.6. The van der Waals surface area contributed by atoms with E-state index in [1.54, 1.807) is 25.3 Å². The molecule has 0 radical (unpaired) electrons. The topological polar surface area (TPSA) is 35.5 Å². The number of halogens is 3. The third-order valence-corrected chi connectivity index (χ3v) is 4.94. The number of methoxy groups -OCH3 is 2. The van der Waals surface area contributed by atoms with E-state index in [2.05, 4.69) is 54.5 Å². The molecular weight excluding hydrogens is 515 g/mol. The predicted octanol–water partition coefficient (Wildman–Crippen LogP) is 5.06. The van der Waals surface area contributed by atoms with E-state index >= 15 is 0 Å². The van der Waals surface area contributed by atoms with Crippen molar-refractivity contribution in [1.29, 1.82) is 0 Å². The van der Waals surface area contributed by atoms with Crippen LogP contribution in [0.5, 0.6) is 11.5 Å². The van der Waals surface area contributed by atoms with E-state index in [-0.39, 0.29) is 5.78 Å². The summed E-state index contributed by atoms with van der Waals surface area (Å²) in [6, 6.07) is 9.05. The van der Waals surface area contributed by atoms with Crippen LogP contribution in [0.4, 0.5) is 0 Å². The maximum atomic E-state index is 12.8. The van der Waals surface area contributed by atoms with Crippen molar-refractivity contribution in [2.24, 2.45) is 0 Å². The molecule has 0 heterocycles. The van der Waals surface area contributed by atoms with Crippen molar-refractivity contribution in [3.8, 4) is 11.5 Å². The summed E-state index contributed by atoms with van der Waals surface area (Å²) in [5.41, 5.74) is 1.10. The van der Waals surface area contributed by atoms with Gasteiger partial charge in [-0.05, 0) is 62.8 Å². The van der Waals surface area contributed by atoms with Crippen LogP contribution >= 0.6 is 54.5 Å². The molecule has 0 N–H and O–H groups in total. The van der Waals surface area contributed by atoms with Crippen LogP contribution in [0.2, 0.25) is 0 Å². The average molecular weight is 526 g/mol. The van der Waals surface area contributed by atoms with Crippen LogP contribution in [-0.2, 0) is 0 Å². The lowest BCUT2D eigenvalue weighted by molar-refractivity contribution is 0.103. The average Bonchev–Trinajstić information content (AvgIpc) is 2.48. The molecule has 3 nitrogen and oxygen atoms in total. The van der Waals surface area contributed by atoms with Gasteiger partial charge in [0.25, 0.3) is 0 Å². The third-order valence-electron chi connectivity index (χ3n) is 2.88. The molecule has 2 rings (SSSR count). The largest absolute Gasteiger partial charge is 0.497 e. The Hall–Kier alpha value is -0.600. The molecule has 0 amide bonds. The number of hydrogen-bond acceptors (Lipinski definition) is 3. The van der Waals surface area contributed by atoms with Crippen LogP contribution in [0, 0.1) is 3.57 Å². The van der Waals surface area contributed by atoms with Crippen molar-refractivity contribution in [2.75, 3.05) is 14.2 Å². The van der Waals surface area contributed by atoms with Crippen molar-refractivity contribution in [1.82, 2.24) is 0 Å². The minimum absolute atomic E-state index is 0.105. The number of ketones is 1. The highest BCUT2D eigenvalue weighted by Gasteiger charge is 2.21. The molecule has 6 heteroatoms. The highest BCUT2D eigenvalue weighted by Crippen LogP contribution is 2.35. The van der Waals surface area contributed by atoms with Crippen LogP contribution in [0.15, 0.2) is 39.3 Å². The summed E-state index contributed by atoms with van der Waals surface area (Å²) in [6.45, 7) is 0. The molecule has 2 aromatic carbocycles. The van der Waals surface area contributed by atoms with Crippen molar-refractivity contribution in [2.45, 2.75) is 0 Å². The Labute approximate surface area is 153 Å². The molecule has 0 saturated carbocycles. The third kappa shape index (κ3) is 3.60. The maximum Gasteiger partial charge on any atom is 0.199 e. The molecule has 0 atom stereocenters. The van der Waals surface area contributed by atoms with E-state index < -0.39 is 0 Å². The number of carbonyl (C=O) groups is 1. The van der Waals surface area contributed by atoms with Gasteiger partial charge in [-0.2, -0.15) is 0 Å². The molecule has 2 aromatic rings. The van der Waals surface area contributed by atoms with E-state index in [0.717, 1.165) is 8.04 Å². The SMILES string of the molecule is COc1cc(Br)c(C(=O)c2cc(Br)ccc2I)c(OC)c1. The Morgan fingerprint density at radius 2 is 1.81 bits per heavy atom. The lowest BCUT2D eigenvalue weighted by atomic mass is 10.0. The normalized spacial score (nSPS) is 10.3. The summed E-state index contributed by atoms with van der Waals surface area (Å²) < 4.78 is 12.9. The molecule has 0 spiro atoms. The van der Waals surface area contributed by atoms with Crippen LogP contribution in [0.1, 0.15) is 15.9 Å². The zero-order valence-electron chi connectivity index (χ0n) is 11.2. The number of ether oxygens (including phenoxy) is 2. The van der Waals surface area contributed by atoms with E-state index in [4.69, 9.17) is 9.47 Å². The molecule has 0 aliphatic carbocycles. The molecule has 0 aliphatic heterocycles. The smallest absolute Gasteiger partial charge is 0.199 e. The molecule has 0 fully saturated rings. The molecule has 0 bridgehead atoms. The molecule has 0 aliphatic rings. The van der Waals surface area contributed by atoms with Crippen LogP contribution < -0.4 is 9.47 Å². The van der Waals surface area contributed by atoms with Gasteiger partial charge >= 0.3 is 0 Å². The fourth-order valence-corrected chi connectivity index (χ4v) is 3.41. The van der Waals surface area contributed by atoms with Gasteiger partial charge in [0.2, 0.25) is 0 Å². The molecule has 0 saturated heterocycles. The van der Waals surface area contributed by atoms with Gasteiger partial charge in [-0.3, -0.25) is 4.79 Å². The summed E-state index contributed by atoms with van der Waals surface area (Å²) in [5, 5.41) is 0. The first-order valence-corrected chi connectivity index (χ1v) is 8.55. The summed E-state index contributed by atoms with van der Waals surface area (Å²) >= 11 is 8.97. The van der Waals surface area contributed by atoms with Gasteiger partial charge in [0, 0.05) is 24.1 Å². The first-order chi connectivity index (χ1) is 9.97. The quantitative estimate of drug-likeness (QED) is 0.413. The van der Waals surface area contributed by atoms with E-state index in [9.17, 15) is 4.79 Å². The Morgan fingerprint density at radius 3 is 2.43 bits per heavy atom. The number of rotatable bonds is 4. The van der Waals surface area contributed by atoms with Crippen LogP contribution in [0.25, 0.3) is 0 Å². The van der Waals surface area contributed by atoms with Crippen molar-refractivity contribution in [3.63, 3.8) is 0 Å². The second kappa shape index (κ2) is 7.11. The summed E-state index contributed by atoms with van der Waals surface area (Å²) in [6.07, 6.45) is 0. The summed E-state index contributed by atoms with van der Waals surface area (Å²) in [4.78, 5) is 12.8. The first-order valence-electron chi connectivity index (χ1n) is 5.89. The standard InChI is InChI=1S/C15H11Br2IO3/c1-20-9-6-11(17)14(13(7-9)21-2)15(19)10-5-8(16)3-4-12(10)18/h3-7H,1-2H3. The molecule has 21 heavy (non-hydrogen) atoms. The van der Waals surface area contributed by atoms with Crippen molar-refractivity contribution >= 4 is 60.2 Å². The lowest BCUT2D eigenvalue weighted by Gasteiger charge is -2.13. The van der Waals surface area contributed by atoms with Gasteiger partial charge in [-0.1, -0.05) is 15.9 Å². The first kappa shape index (κ1) is 16.8. The van der Waals surface area contributed by atoms with E-state index in [1.807, 2.05) is 12.1 Å². The second-order valence-corrected chi connectivity index (χ2v) is 7.07. The minimum atomic E-state index is -0.105. The van der Waals surface area contributed by atoms with Crippen LogP contribution in [0.3, 0.4) is 0 Å². The Balaban J connectivity index is 2.60. The summed E-state index contributed by atoms with van der Waals surface area (Å²) in [7, 11) is 3.10. The summed E-state index contributed by atoms with van der Waals surface area (Å²) in [5.74, 6) is 0.994. The van der Waals surface area contributed by atoms with Gasteiger partial charge in [0.15, 0.2) is 5.78 Å². The highest BCUT2D eigenvalue weighted by molar-refractivity contribution is 14.1. The van der Waals surface area contributed by atoms with E-state index in [0.29, 0.717) is 27.1 Å². The minimum Gasteiger partial charge on any atom is -0.497 e. The number of carbonyl (C=O) groups excluding carboxylic acids is 1. The van der Waals surface area contributed by atoms with Gasteiger partial charge in [-0.25, -0.2) is 0 Å². The van der Waals surface area contributed by atoms with Gasteiger partial charge in [-0.15, -0.1) is 0 Å². The molecule has 0 aromatic heterocycles. The number of hydrogen-bond donors (Lipinski definition) is 0. The van der Waals surface area contributed by atoms with Crippen molar-refractivity contribution < 1.29 is 14.3 Å². The predicted molar refractivity (Wildman–Crippen MR) is 97.5 cm³/mol. The fourth-order valence-electron chi connectivity index (χ4n) is 1.86. The van der Waals surface area contributed by atoms with Crippen LogP contribution in [-0.4, -0.2) is 20.0 Å². The van der Waals surface area contributed by atoms with E-state index in [1.165, 1.54) is 7.11 Å². The lowest BCUT2D eigenvalue weighted by Crippen LogP contribution is -2.07. The molecular formula is C15H11Br2IO3. The van der Waals surface area contributed by atoms with Gasteiger partial charge < -0.3 is 9.47 Å². The monoisotopic (exact) mass is 524 g/mol. The molecule has 0 unspecified atom stereocenters. The zero-order valence-corrected chi connectivity index (χ0v) is 16.6. The maximum absolute atomic E-state index is 12.8. The number of benzene rings is 2. The fraction of sp³-hybridized carbons (Fsp3) is 0.133. The second-order valence-electron chi connectivity index (χ2n) is 4.14. The van der Waals surface area contributed by atoms with Gasteiger partial charge in [0.1, 0.15) is 11.5 Å². The van der Waals surface area contributed by atoms with Gasteiger partial charge in [0.05, 0.1) is 19.8 Å².